The first-order valence-electron chi connectivity index (χ1n) is 8.48. The minimum absolute atomic E-state index is 0. The second kappa shape index (κ2) is 9.56. The van der Waals surface area contributed by atoms with Gasteiger partial charge >= 0.3 is 0 Å². The zero-order valence-electron chi connectivity index (χ0n) is 14.1. The Morgan fingerprint density at radius 3 is 2.84 bits per heavy atom. The van der Waals surface area contributed by atoms with Gasteiger partial charge in [-0.3, -0.25) is 9.48 Å². The standard InChI is InChI=1S/C18H24N4O2.ClH/c23-13-15(14-5-2-1-3-6-14)11-20-18(24)17-8-10-22(21-17)16-7-4-9-19-12-16;/h1-3,5-6,8,10,15-16,19,23H,4,7,9,11-13H2,(H,20,24);1H. The summed E-state index contributed by atoms with van der Waals surface area (Å²) in [6.45, 7) is 2.32. The SMILES string of the molecule is Cl.O=C(NCC(CO)c1ccccc1)c1ccn(C2CCCNC2)n1. The van der Waals surface area contributed by atoms with Gasteiger partial charge in [-0.15, -0.1) is 12.4 Å². The molecular formula is C18H25ClN4O2. The number of carbonyl (C=O) groups is 1. The fraction of sp³-hybridized carbons (Fsp3) is 0.444. The summed E-state index contributed by atoms with van der Waals surface area (Å²) in [4.78, 5) is 12.3. The number of nitrogens with zero attached hydrogens (tertiary/aromatic N) is 2. The van der Waals surface area contributed by atoms with E-state index in [9.17, 15) is 9.90 Å². The van der Waals surface area contributed by atoms with Crippen molar-refractivity contribution < 1.29 is 9.90 Å². The molecule has 2 aromatic rings. The number of amides is 1. The van der Waals surface area contributed by atoms with Crippen LogP contribution in [0.2, 0.25) is 0 Å². The van der Waals surface area contributed by atoms with Crippen molar-refractivity contribution in [3.05, 3.63) is 53.9 Å². The molecule has 2 unspecified atom stereocenters. The predicted octanol–water partition coefficient (Wildman–Crippen LogP) is 1.74. The summed E-state index contributed by atoms with van der Waals surface area (Å²) in [7, 11) is 0. The van der Waals surface area contributed by atoms with Gasteiger partial charge in [0.1, 0.15) is 5.69 Å². The Morgan fingerprint density at radius 1 is 1.36 bits per heavy atom. The fourth-order valence-electron chi connectivity index (χ4n) is 3.04. The molecule has 2 heterocycles. The third-order valence-electron chi connectivity index (χ3n) is 4.49. The maximum atomic E-state index is 12.3. The van der Waals surface area contributed by atoms with Crippen molar-refractivity contribution in [2.24, 2.45) is 0 Å². The summed E-state index contributed by atoms with van der Waals surface area (Å²) in [5.41, 5.74) is 1.43. The number of aliphatic hydroxyl groups is 1. The fourth-order valence-corrected chi connectivity index (χ4v) is 3.04. The molecule has 0 bridgehead atoms. The molecule has 6 nitrogen and oxygen atoms in total. The number of hydrogen-bond donors (Lipinski definition) is 3. The van der Waals surface area contributed by atoms with Crippen LogP contribution in [0.25, 0.3) is 0 Å². The van der Waals surface area contributed by atoms with E-state index in [0.717, 1.165) is 31.5 Å². The summed E-state index contributed by atoms with van der Waals surface area (Å²) in [5, 5.41) is 20.2. The van der Waals surface area contributed by atoms with Crippen LogP contribution >= 0.6 is 12.4 Å². The third kappa shape index (κ3) is 5.04. The Kier molecular flexibility index (Phi) is 7.43. The lowest BCUT2D eigenvalue weighted by molar-refractivity contribution is 0.0941. The normalized spacial score (nSPS) is 18.2. The lowest BCUT2D eigenvalue weighted by Gasteiger charge is -2.22. The van der Waals surface area contributed by atoms with Crippen molar-refractivity contribution in [1.82, 2.24) is 20.4 Å². The van der Waals surface area contributed by atoms with Crippen molar-refractivity contribution in [2.45, 2.75) is 24.8 Å². The van der Waals surface area contributed by atoms with Gasteiger partial charge in [-0.05, 0) is 31.0 Å². The molecule has 136 valence electrons. The molecule has 0 radical (unpaired) electrons. The van der Waals surface area contributed by atoms with Crippen molar-refractivity contribution in [1.29, 1.82) is 0 Å². The van der Waals surface area contributed by atoms with Crippen molar-refractivity contribution in [2.75, 3.05) is 26.2 Å². The van der Waals surface area contributed by atoms with Crippen molar-refractivity contribution >= 4 is 18.3 Å². The monoisotopic (exact) mass is 364 g/mol. The third-order valence-corrected chi connectivity index (χ3v) is 4.49. The molecule has 0 aliphatic carbocycles. The predicted molar refractivity (Wildman–Crippen MR) is 99.2 cm³/mol. The highest BCUT2D eigenvalue weighted by Gasteiger charge is 2.18. The summed E-state index contributed by atoms with van der Waals surface area (Å²) >= 11 is 0. The van der Waals surface area contributed by atoms with Crippen LogP contribution in [0, 0.1) is 0 Å². The molecule has 1 aliphatic heterocycles. The van der Waals surface area contributed by atoms with E-state index in [1.165, 1.54) is 0 Å². The minimum atomic E-state index is -0.202. The Hall–Kier alpha value is -1.89. The van der Waals surface area contributed by atoms with Crippen LogP contribution in [0.15, 0.2) is 42.6 Å². The number of rotatable bonds is 6. The molecule has 2 atom stereocenters. The van der Waals surface area contributed by atoms with Gasteiger partial charge in [0.05, 0.1) is 12.6 Å². The molecule has 1 aliphatic rings. The Balaban J connectivity index is 0.00000225. The quantitative estimate of drug-likeness (QED) is 0.729. The Bertz CT molecular complexity index is 656. The Labute approximate surface area is 154 Å². The lowest BCUT2D eigenvalue weighted by Crippen LogP contribution is -2.32. The molecule has 1 amide bonds. The maximum Gasteiger partial charge on any atom is 0.271 e. The van der Waals surface area contributed by atoms with Crippen LogP contribution < -0.4 is 10.6 Å². The molecule has 7 heteroatoms. The van der Waals surface area contributed by atoms with Crippen LogP contribution in [0.4, 0.5) is 0 Å². The largest absolute Gasteiger partial charge is 0.396 e. The molecule has 0 saturated carbocycles. The second-order valence-electron chi connectivity index (χ2n) is 6.18. The number of benzene rings is 1. The second-order valence-corrected chi connectivity index (χ2v) is 6.18. The van der Waals surface area contributed by atoms with Crippen molar-refractivity contribution in [3.63, 3.8) is 0 Å². The lowest BCUT2D eigenvalue weighted by atomic mass is 10.0. The molecule has 25 heavy (non-hydrogen) atoms. The van der Waals surface area contributed by atoms with Crippen LogP contribution in [0.1, 0.15) is 40.9 Å². The highest BCUT2D eigenvalue weighted by Crippen LogP contribution is 2.16. The van der Waals surface area contributed by atoms with Crippen LogP contribution in [0.3, 0.4) is 0 Å². The summed E-state index contributed by atoms with van der Waals surface area (Å²) in [6.07, 6.45) is 4.07. The van der Waals surface area contributed by atoms with E-state index in [2.05, 4.69) is 15.7 Å². The maximum absolute atomic E-state index is 12.3. The highest BCUT2D eigenvalue weighted by atomic mass is 35.5. The highest BCUT2D eigenvalue weighted by molar-refractivity contribution is 5.92. The van der Waals surface area contributed by atoms with Gasteiger partial charge in [0.2, 0.25) is 0 Å². The molecule has 0 spiro atoms. The first-order chi connectivity index (χ1) is 11.8. The smallest absolute Gasteiger partial charge is 0.271 e. The van der Waals surface area contributed by atoms with E-state index < -0.39 is 0 Å². The van der Waals surface area contributed by atoms with Gasteiger partial charge < -0.3 is 15.7 Å². The first kappa shape index (κ1) is 19.4. The van der Waals surface area contributed by atoms with E-state index >= 15 is 0 Å². The minimum Gasteiger partial charge on any atom is -0.396 e. The van der Waals surface area contributed by atoms with Crippen LogP contribution in [-0.2, 0) is 0 Å². The van der Waals surface area contributed by atoms with Gasteiger partial charge in [-0.25, -0.2) is 0 Å². The molecule has 1 saturated heterocycles. The summed E-state index contributed by atoms with van der Waals surface area (Å²) < 4.78 is 1.88. The molecule has 1 aromatic carbocycles. The average molecular weight is 365 g/mol. The number of aromatic nitrogens is 2. The van der Waals surface area contributed by atoms with Crippen LogP contribution in [-0.4, -0.2) is 47.0 Å². The number of nitrogens with one attached hydrogen (secondary N) is 2. The van der Waals surface area contributed by atoms with Crippen LogP contribution in [0.5, 0.6) is 0 Å². The zero-order valence-corrected chi connectivity index (χ0v) is 14.9. The van der Waals surface area contributed by atoms with E-state index in [1.54, 1.807) is 6.07 Å². The zero-order chi connectivity index (χ0) is 16.8. The van der Waals surface area contributed by atoms with Gasteiger partial charge in [-0.1, -0.05) is 30.3 Å². The number of carbonyl (C=O) groups excluding carboxylic acids is 1. The van der Waals surface area contributed by atoms with E-state index in [0.29, 0.717) is 18.3 Å². The van der Waals surface area contributed by atoms with E-state index in [1.807, 2.05) is 41.2 Å². The molecular weight excluding hydrogens is 340 g/mol. The Morgan fingerprint density at radius 2 is 2.16 bits per heavy atom. The average Bonchev–Trinajstić information content (AvgIpc) is 3.14. The summed E-state index contributed by atoms with van der Waals surface area (Å²) in [5.74, 6) is -0.313. The van der Waals surface area contributed by atoms with Gasteiger partial charge in [0.15, 0.2) is 0 Å². The number of piperidine rings is 1. The number of halogens is 1. The molecule has 3 N–H and O–H groups in total. The summed E-state index contributed by atoms with van der Waals surface area (Å²) in [6, 6.07) is 11.8. The first-order valence-corrected chi connectivity index (χ1v) is 8.48. The molecule has 1 fully saturated rings. The van der Waals surface area contributed by atoms with Crippen molar-refractivity contribution in [3.8, 4) is 0 Å². The van der Waals surface area contributed by atoms with Gasteiger partial charge in [-0.2, -0.15) is 5.10 Å². The topological polar surface area (TPSA) is 79.2 Å². The number of aliphatic hydroxyl groups excluding tert-OH is 1. The number of hydrogen-bond acceptors (Lipinski definition) is 4. The van der Waals surface area contributed by atoms with E-state index in [-0.39, 0.29) is 30.8 Å². The van der Waals surface area contributed by atoms with Gasteiger partial charge in [0, 0.05) is 25.2 Å². The molecule has 1 aromatic heterocycles. The van der Waals surface area contributed by atoms with E-state index in [4.69, 9.17) is 0 Å². The van der Waals surface area contributed by atoms with Gasteiger partial charge in [0.25, 0.3) is 5.91 Å². The molecule has 3 rings (SSSR count).